The second-order valence-corrected chi connectivity index (χ2v) is 10.9. The van der Waals surface area contributed by atoms with E-state index in [4.69, 9.17) is 14.5 Å². The van der Waals surface area contributed by atoms with Crippen molar-refractivity contribution in [2.75, 3.05) is 0 Å². The first kappa shape index (κ1) is 26.4. The summed E-state index contributed by atoms with van der Waals surface area (Å²) in [6, 6.07) is 11.0. The third-order valence-corrected chi connectivity index (χ3v) is 6.52. The van der Waals surface area contributed by atoms with Crippen molar-refractivity contribution in [1.29, 1.82) is 0 Å². The van der Waals surface area contributed by atoms with Crippen LogP contribution in [-0.4, -0.2) is 33.3 Å². The summed E-state index contributed by atoms with van der Waals surface area (Å²) in [5, 5.41) is 3.66. The number of rotatable bonds is 6. The summed E-state index contributed by atoms with van der Waals surface area (Å²) in [5.41, 5.74) is 3.68. The second-order valence-electron chi connectivity index (χ2n) is 10.9. The monoisotopic (exact) mass is 505 g/mol. The molecule has 3 heterocycles. The predicted molar refractivity (Wildman–Crippen MR) is 142 cm³/mol. The standard InChI is InChI=1S/C29H35N3O5/c1-8-23(36-27(34)24(16(2)3)31-28(35)37-29(5,6)7)20-14-22-25-19(15-32(22)26(33)17(20)4)13-18-11-9-10-12-21(18)30-25/h9-14,16,23-24H,8,15H2,1-7H3,(H,31,35). The largest absolute Gasteiger partial charge is 0.456 e. The average Bonchev–Trinajstić information content (AvgIpc) is 3.18. The fourth-order valence-electron chi connectivity index (χ4n) is 4.64. The van der Waals surface area contributed by atoms with Gasteiger partial charge in [0.05, 0.1) is 23.4 Å². The summed E-state index contributed by atoms with van der Waals surface area (Å²) < 4.78 is 13.0. The van der Waals surface area contributed by atoms with Crippen LogP contribution in [0, 0.1) is 12.8 Å². The van der Waals surface area contributed by atoms with Crippen molar-refractivity contribution in [2.45, 2.75) is 79.2 Å². The fraction of sp³-hybridized carbons (Fsp3) is 0.448. The van der Waals surface area contributed by atoms with E-state index in [0.29, 0.717) is 29.8 Å². The fourth-order valence-corrected chi connectivity index (χ4v) is 4.64. The van der Waals surface area contributed by atoms with Crippen LogP contribution in [0.4, 0.5) is 4.79 Å². The van der Waals surface area contributed by atoms with Gasteiger partial charge in [-0.2, -0.15) is 0 Å². The molecule has 1 N–H and O–H groups in total. The molecule has 8 heteroatoms. The Labute approximate surface area is 217 Å². The topological polar surface area (TPSA) is 99.5 Å². The third-order valence-electron chi connectivity index (χ3n) is 6.52. The van der Waals surface area contributed by atoms with Crippen molar-refractivity contribution in [3.63, 3.8) is 0 Å². The first-order chi connectivity index (χ1) is 17.4. The molecule has 1 aliphatic rings. The lowest BCUT2D eigenvalue weighted by atomic mass is 10.00. The minimum absolute atomic E-state index is 0.128. The number of benzene rings is 1. The van der Waals surface area contributed by atoms with Crippen molar-refractivity contribution >= 4 is 23.0 Å². The molecule has 1 amide bonds. The number of nitrogens with one attached hydrogen (secondary N) is 1. The van der Waals surface area contributed by atoms with Crippen molar-refractivity contribution in [3.05, 3.63) is 63.4 Å². The molecule has 0 saturated carbocycles. The molecular weight excluding hydrogens is 470 g/mol. The highest BCUT2D eigenvalue weighted by Crippen LogP contribution is 2.35. The van der Waals surface area contributed by atoms with E-state index in [-0.39, 0.29) is 11.5 Å². The molecular formula is C29H35N3O5. The lowest BCUT2D eigenvalue weighted by Crippen LogP contribution is -2.47. The molecule has 0 fully saturated rings. The van der Waals surface area contributed by atoms with Crippen molar-refractivity contribution in [2.24, 2.45) is 5.92 Å². The van der Waals surface area contributed by atoms with E-state index in [1.807, 2.05) is 51.1 Å². The molecule has 2 unspecified atom stereocenters. The summed E-state index contributed by atoms with van der Waals surface area (Å²) >= 11 is 0. The van der Waals surface area contributed by atoms with Crippen molar-refractivity contribution in [1.82, 2.24) is 14.9 Å². The maximum atomic E-state index is 13.4. The number of pyridine rings is 2. The number of hydrogen-bond acceptors (Lipinski definition) is 6. The third kappa shape index (κ3) is 5.38. The molecule has 2 aromatic heterocycles. The molecule has 0 spiro atoms. The van der Waals surface area contributed by atoms with Gasteiger partial charge in [-0.05, 0) is 58.2 Å². The van der Waals surface area contributed by atoms with Gasteiger partial charge in [-0.1, -0.05) is 39.0 Å². The molecule has 1 aromatic carbocycles. The second kappa shape index (κ2) is 10.00. The van der Waals surface area contributed by atoms with Crippen LogP contribution in [0.25, 0.3) is 22.3 Å². The Morgan fingerprint density at radius 2 is 1.86 bits per heavy atom. The first-order valence-corrected chi connectivity index (χ1v) is 12.7. The number of aromatic nitrogens is 2. The zero-order valence-electron chi connectivity index (χ0n) is 22.5. The number of hydrogen-bond donors (Lipinski definition) is 1. The van der Waals surface area contributed by atoms with Crippen LogP contribution in [0.1, 0.15) is 70.8 Å². The lowest BCUT2D eigenvalue weighted by Gasteiger charge is -2.27. The van der Waals surface area contributed by atoms with Gasteiger partial charge < -0.3 is 19.4 Å². The van der Waals surface area contributed by atoms with E-state index >= 15 is 0 Å². The summed E-state index contributed by atoms with van der Waals surface area (Å²) in [5.74, 6) is -0.800. The number of ether oxygens (including phenoxy) is 2. The molecule has 2 atom stereocenters. The van der Waals surface area contributed by atoms with E-state index in [1.54, 1.807) is 32.3 Å². The van der Waals surface area contributed by atoms with Crippen LogP contribution >= 0.6 is 0 Å². The zero-order chi connectivity index (χ0) is 27.1. The molecule has 0 radical (unpaired) electrons. The van der Waals surface area contributed by atoms with Gasteiger partial charge in [-0.3, -0.25) is 4.79 Å². The molecule has 0 saturated heterocycles. The van der Waals surface area contributed by atoms with Gasteiger partial charge in [0.25, 0.3) is 5.56 Å². The van der Waals surface area contributed by atoms with Crippen LogP contribution < -0.4 is 10.9 Å². The van der Waals surface area contributed by atoms with Crippen LogP contribution in [0.5, 0.6) is 0 Å². The highest BCUT2D eigenvalue weighted by Gasteiger charge is 2.32. The van der Waals surface area contributed by atoms with Gasteiger partial charge in [0.1, 0.15) is 17.7 Å². The Hall–Kier alpha value is -3.68. The van der Waals surface area contributed by atoms with Crippen molar-refractivity contribution < 1.29 is 19.1 Å². The highest BCUT2D eigenvalue weighted by molar-refractivity contribution is 5.84. The van der Waals surface area contributed by atoms with E-state index in [2.05, 4.69) is 11.4 Å². The van der Waals surface area contributed by atoms with Gasteiger partial charge in [0.2, 0.25) is 0 Å². The average molecular weight is 506 g/mol. The number of carbonyl (C=O) groups is 2. The van der Waals surface area contributed by atoms with Crippen LogP contribution in [0.15, 0.2) is 41.2 Å². The Morgan fingerprint density at radius 1 is 1.16 bits per heavy atom. The summed E-state index contributed by atoms with van der Waals surface area (Å²) in [6.07, 6.45) is -0.875. The summed E-state index contributed by atoms with van der Waals surface area (Å²) in [4.78, 5) is 43.8. The van der Waals surface area contributed by atoms with E-state index < -0.39 is 29.8 Å². The Morgan fingerprint density at radius 3 is 2.51 bits per heavy atom. The maximum Gasteiger partial charge on any atom is 0.408 e. The molecule has 4 rings (SSSR count). The van der Waals surface area contributed by atoms with E-state index in [1.165, 1.54) is 0 Å². The first-order valence-electron chi connectivity index (χ1n) is 12.7. The van der Waals surface area contributed by atoms with Gasteiger partial charge in [0.15, 0.2) is 0 Å². The van der Waals surface area contributed by atoms with Gasteiger partial charge in [0, 0.05) is 22.1 Å². The molecule has 8 nitrogen and oxygen atoms in total. The molecule has 0 aliphatic carbocycles. The number of amides is 1. The van der Waals surface area contributed by atoms with Crippen LogP contribution in [0.2, 0.25) is 0 Å². The lowest BCUT2D eigenvalue weighted by molar-refractivity contribution is -0.153. The molecule has 0 bridgehead atoms. The van der Waals surface area contributed by atoms with Gasteiger partial charge >= 0.3 is 12.1 Å². The normalized spacial score (nSPS) is 14.2. The summed E-state index contributed by atoms with van der Waals surface area (Å²) in [6.45, 7) is 13.0. The molecule has 1 aliphatic heterocycles. The number of nitrogens with zero attached hydrogens (tertiary/aromatic N) is 2. The van der Waals surface area contributed by atoms with Crippen LogP contribution in [-0.2, 0) is 20.8 Å². The molecule has 196 valence electrons. The molecule has 37 heavy (non-hydrogen) atoms. The highest BCUT2D eigenvalue weighted by atomic mass is 16.6. The van der Waals surface area contributed by atoms with Gasteiger partial charge in [-0.15, -0.1) is 0 Å². The predicted octanol–water partition coefficient (Wildman–Crippen LogP) is 5.28. The number of fused-ring (bicyclic) bond motifs is 4. The SMILES string of the molecule is CCC(OC(=O)C(NC(=O)OC(C)(C)C)C(C)C)c1cc2n(c(=O)c1C)Cc1cc3ccccc3nc1-2. The molecule has 3 aromatic rings. The van der Waals surface area contributed by atoms with Gasteiger partial charge in [-0.25, -0.2) is 14.6 Å². The maximum absolute atomic E-state index is 13.4. The number of alkyl carbamates (subject to hydrolysis) is 1. The van der Waals surface area contributed by atoms with E-state index in [0.717, 1.165) is 22.2 Å². The Kier molecular flexibility index (Phi) is 7.13. The summed E-state index contributed by atoms with van der Waals surface area (Å²) in [7, 11) is 0. The number of esters is 1. The van der Waals surface area contributed by atoms with Crippen LogP contribution in [0.3, 0.4) is 0 Å². The van der Waals surface area contributed by atoms with Crippen molar-refractivity contribution in [3.8, 4) is 11.4 Å². The minimum atomic E-state index is -0.895. The minimum Gasteiger partial charge on any atom is -0.456 e. The number of para-hydroxylation sites is 1. The number of carbonyl (C=O) groups excluding carboxylic acids is 2. The Balaban J connectivity index is 1.65. The zero-order valence-corrected chi connectivity index (χ0v) is 22.5. The quantitative estimate of drug-likeness (QED) is 0.358. The van der Waals surface area contributed by atoms with E-state index in [9.17, 15) is 14.4 Å². The Bertz CT molecular complexity index is 1420. The smallest absolute Gasteiger partial charge is 0.408 e.